The van der Waals surface area contributed by atoms with E-state index in [1.807, 2.05) is 24.6 Å². The molecular weight excluding hydrogens is 402 g/mol. The summed E-state index contributed by atoms with van der Waals surface area (Å²) in [5, 5.41) is 8.94. The van der Waals surface area contributed by atoms with Gasteiger partial charge in [-0.25, -0.2) is 9.97 Å². The summed E-state index contributed by atoms with van der Waals surface area (Å²) in [5.41, 5.74) is 7.05. The van der Waals surface area contributed by atoms with E-state index in [0.29, 0.717) is 6.42 Å². The van der Waals surface area contributed by atoms with Crippen molar-refractivity contribution in [3.63, 3.8) is 0 Å². The smallest absolute Gasteiger partial charge is 0.160 e. The van der Waals surface area contributed by atoms with Gasteiger partial charge in [-0.05, 0) is 67.5 Å². The van der Waals surface area contributed by atoms with E-state index < -0.39 is 0 Å². The Morgan fingerprint density at radius 1 is 1.11 bits per heavy atom. The molecule has 0 atom stereocenters. The molecule has 2 aromatic heterocycles. The van der Waals surface area contributed by atoms with Crippen LogP contribution in [0.5, 0.6) is 0 Å². The molecule has 0 saturated heterocycles. The predicted molar refractivity (Wildman–Crippen MR) is 114 cm³/mol. The van der Waals surface area contributed by atoms with Crippen molar-refractivity contribution in [1.82, 2.24) is 14.5 Å². The predicted octanol–water partition coefficient (Wildman–Crippen LogP) is 4.70. The largest absolute Gasteiger partial charge is 0.396 e. The van der Waals surface area contributed by atoms with E-state index in [4.69, 9.17) is 5.11 Å². The van der Waals surface area contributed by atoms with E-state index in [1.54, 1.807) is 11.1 Å². The van der Waals surface area contributed by atoms with Crippen molar-refractivity contribution in [2.24, 2.45) is 7.05 Å². The number of aliphatic hydroxyl groups is 1. The number of rotatable bonds is 3. The highest BCUT2D eigenvalue weighted by molar-refractivity contribution is 9.10. The van der Waals surface area contributed by atoms with Gasteiger partial charge in [0, 0.05) is 36.7 Å². The molecule has 1 aliphatic carbocycles. The molecule has 1 aromatic carbocycles. The fourth-order valence-corrected chi connectivity index (χ4v) is 4.08. The number of aliphatic hydroxyl groups excluding tert-OH is 1. The van der Waals surface area contributed by atoms with Gasteiger partial charge in [-0.15, -0.1) is 0 Å². The first kappa shape index (κ1) is 20.0. The Hall–Kier alpha value is -1.72. The minimum absolute atomic E-state index is 0.135. The lowest BCUT2D eigenvalue weighted by Gasteiger charge is -2.14. The maximum Gasteiger partial charge on any atom is 0.160 e. The average Bonchev–Trinajstić information content (AvgIpc) is 2.99. The molecule has 0 saturated carbocycles. The SMILES string of the molecule is Brc1ccc2c(c1)CCCC2.CCc1nc2c(C)cc(CCO)nc2n1C. The zero-order valence-electron chi connectivity index (χ0n) is 16.4. The van der Waals surface area contributed by atoms with E-state index >= 15 is 0 Å². The highest BCUT2D eigenvalue weighted by Gasteiger charge is 2.11. The summed E-state index contributed by atoms with van der Waals surface area (Å²) in [6.07, 6.45) is 6.79. The zero-order valence-corrected chi connectivity index (χ0v) is 18.0. The van der Waals surface area contributed by atoms with Gasteiger partial charge < -0.3 is 9.67 Å². The molecule has 0 unspecified atom stereocenters. The lowest BCUT2D eigenvalue weighted by atomic mass is 9.92. The van der Waals surface area contributed by atoms with Crippen LogP contribution in [0.2, 0.25) is 0 Å². The fourth-order valence-electron chi connectivity index (χ4n) is 3.68. The number of imidazole rings is 1. The number of halogens is 1. The second-order valence-electron chi connectivity index (χ2n) is 7.14. The summed E-state index contributed by atoms with van der Waals surface area (Å²) in [7, 11) is 1.99. The molecule has 0 radical (unpaired) electrons. The molecule has 2 heterocycles. The third-order valence-corrected chi connectivity index (χ3v) is 5.65. The van der Waals surface area contributed by atoms with Gasteiger partial charge in [0.2, 0.25) is 0 Å². The van der Waals surface area contributed by atoms with Crippen molar-refractivity contribution >= 4 is 27.1 Å². The summed E-state index contributed by atoms with van der Waals surface area (Å²) >= 11 is 3.49. The van der Waals surface area contributed by atoms with E-state index in [2.05, 4.69) is 51.0 Å². The van der Waals surface area contributed by atoms with Crippen molar-refractivity contribution in [3.8, 4) is 0 Å². The van der Waals surface area contributed by atoms with Crippen LogP contribution in [0.25, 0.3) is 11.2 Å². The molecule has 0 aliphatic heterocycles. The number of aromatic nitrogens is 3. The Morgan fingerprint density at radius 3 is 2.56 bits per heavy atom. The molecule has 0 fully saturated rings. The molecule has 27 heavy (non-hydrogen) atoms. The number of nitrogens with zero attached hydrogens (tertiary/aromatic N) is 3. The number of benzene rings is 1. The van der Waals surface area contributed by atoms with Gasteiger partial charge in [-0.2, -0.15) is 0 Å². The highest BCUT2D eigenvalue weighted by atomic mass is 79.9. The Balaban J connectivity index is 0.000000166. The summed E-state index contributed by atoms with van der Waals surface area (Å²) in [4.78, 5) is 9.10. The first-order valence-electron chi connectivity index (χ1n) is 9.73. The van der Waals surface area contributed by atoms with E-state index in [-0.39, 0.29) is 6.61 Å². The normalized spacial score (nSPS) is 13.2. The second kappa shape index (κ2) is 8.98. The molecule has 3 aromatic rings. The van der Waals surface area contributed by atoms with Crippen LogP contribution in [-0.2, 0) is 32.7 Å². The average molecular weight is 430 g/mol. The summed E-state index contributed by atoms with van der Waals surface area (Å²) in [5.74, 6) is 1.05. The van der Waals surface area contributed by atoms with Crippen molar-refractivity contribution in [3.05, 3.63) is 56.9 Å². The molecular formula is C22H28BrN3O. The number of fused-ring (bicyclic) bond motifs is 2. The molecule has 5 heteroatoms. The minimum Gasteiger partial charge on any atom is -0.396 e. The van der Waals surface area contributed by atoms with Crippen molar-refractivity contribution < 1.29 is 5.11 Å². The monoisotopic (exact) mass is 429 g/mol. The molecule has 144 valence electrons. The Labute approximate surface area is 169 Å². The first-order chi connectivity index (χ1) is 13.0. The van der Waals surface area contributed by atoms with Crippen LogP contribution in [0.15, 0.2) is 28.7 Å². The number of pyridine rings is 1. The van der Waals surface area contributed by atoms with Gasteiger partial charge in [-0.3, -0.25) is 0 Å². The molecule has 0 bridgehead atoms. The van der Waals surface area contributed by atoms with Crippen molar-refractivity contribution in [2.45, 2.75) is 52.4 Å². The summed E-state index contributed by atoms with van der Waals surface area (Å²) < 4.78 is 3.25. The Bertz CT molecular complexity index is 933. The summed E-state index contributed by atoms with van der Waals surface area (Å²) in [6, 6.07) is 8.65. The van der Waals surface area contributed by atoms with Gasteiger partial charge in [0.15, 0.2) is 5.65 Å². The van der Waals surface area contributed by atoms with Gasteiger partial charge >= 0.3 is 0 Å². The number of hydrogen-bond donors (Lipinski definition) is 1. The first-order valence-corrected chi connectivity index (χ1v) is 10.5. The number of aryl methyl sites for hydroxylation is 5. The minimum atomic E-state index is 0.135. The van der Waals surface area contributed by atoms with Crippen LogP contribution < -0.4 is 0 Å². The van der Waals surface area contributed by atoms with Crippen molar-refractivity contribution in [1.29, 1.82) is 0 Å². The van der Waals surface area contributed by atoms with Gasteiger partial charge in [-0.1, -0.05) is 28.9 Å². The maximum absolute atomic E-state index is 8.94. The topological polar surface area (TPSA) is 50.9 Å². The van der Waals surface area contributed by atoms with Gasteiger partial charge in [0.1, 0.15) is 11.3 Å². The standard InChI is InChI=1S/C12H17N3O.C10H11Br/c1-4-10-14-11-8(2)7-9(5-6-16)13-12(11)15(10)3;11-10-6-5-8-3-1-2-4-9(8)7-10/h7,16H,4-6H2,1-3H3;5-7H,1-4H2. The van der Waals surface area contributed by atoms with Gasteiger partial charge in [0.05, 0.1) is 0 Å². The molecule has 1 aliphatic rings. The third-order valence-electron chi connectivity index (χ3n) is 5.16. The van der Waals surface area contributed by atoms with Crippen LogP contribution in [-0.4, -0.2) is 26.2 Å². The van der Waals surface area contributed by atoms with Crippen LogP contribution in [0, 0.1) is 6.92 Å². The van der Waals surface area contributed by atoms with E-state index in [9.17, 15) is 0 Å². The quantitative estimate of drug-likeness (QED) is 0.655. The van der Waals surface area contributed by atoms with E-state index in [0.717, 1.165) is 34.7 Å². The summed E-state index contributed by atoms with van der Waals surface area (Å²) in [6.45, 7) is 4.26. The zero-order chi connectivity index (χ0) is 19.4. The lowest BCUT2D eigenvalue weighted by molar-refractivity contribution is 0.298. The van der Waals surface area contributed by atoms with Crippen LogP contribution in [0.1, 0.15) is 48.0 Å². The fraction of sp³-hybridized carbons (Fsp3) is 0.455. The van der Waals surface area contributed by atoms with E-state index in [1.165, 1.54) is 30.2 Å². The van der Waals surface area contributed by atoms with Crippen LogP contribution in [0.3, 0.4) is 0 Å². The third kappa shape index (κ3) is 4.58. The highest BCUT2D eigenvalue weighted by Crippen LogP contribution is 2.24. The molecule has 4 rings (SSSR count). The Kier molecular flexibility index (Phi) is 6.66. The maximum atomic E-state index is 8.94. The number of hydrogen-bond acceptors (Lipinski definition) is 3. The van der Waals surface area contributed by atoms with Crippen molar-refractivity contribution in [2.75, 3.05) is 6.61 Å². The van der Waals surface area contributed by atoms with Crippen LogP contribution in [0.4, 0.5) is 0 Å². The lowest BCUT2D eigenvalue weighted by Crippen LogP contribution is -2.01. The molecule has 0 amide bonds. The molecule has 0 spiro atoms. The second-order valence-corrected chi connectivity index (χ2v) is 8.05. The van der Waals surface area contributed by atoms with Crippen LogP contribution >= 0.6 is 15.9 Å². The Morgan fingerprint density at radius 2 is 1.85 bits per heavy atom. The molecule has 4 nitrogen and oxygen atoms in total. The van der Waals surface area contributed by atoms with Gasteiger partial charge in [0.25, 0.3) is 0 Å². The molecule has 1 N–H and O–H groups in total.